The van der Waals surface area contributed by atoms with Gasteiger partial charge in [-0.1, -0.05) is 6.92 Å². The SMILES string of the molecule is CC1CCN(S(=O)(=O)c2ccc3c(c2)OCCO3)C(CN)C1.Cl. The summed E-state index contributed by atoms with van der Waals surface area (Å²) in [6.07, 6.45) is 1.67. The van der Waals surface area contributed by atoms with Gasteiger partial charge in [-0.3, -0.25) is 0 Å². The molecule has 0 amide bonds. The van der Waals surface area contributed by atoms with Crippen molar-refractivity contribution < 1.29 is 17.9 Å². The molecular weight excluding hydrogens is 340 g/mol. The zero-order valence-electron chi connectivity index (χ0n) is 13.1. The second kappa shape index (κ2) is 7.25. The summed E-state index contributed by atoms with van der Waals surface area (Å²) >= 11 is 0. The summed E-state index contributed by atoms with van der Waals surface area (Å²) in [5, 5.41) is 0. The van der Waals surface area contributed by atoms with Crippen LogP contribution >= 0.6 is 12.4 Å². The molecule has 130 valence electrons. The van der Waals surface area contributed by atoms with Crippen LogP contribution in [-0.4, -0.2) is 45.1 Å². The highest BCUT2D eigenvalue weighted by atomic mass is 35.5. The van der Waals surface area contributed by atoms with Crippen molar-refractivity contribution >= 4 is 22.4 Å². The van der Waals surface area contributed by atoms with Gasteiger partial charge < -0.3 is 15.2 Å². The molecule has 0 radical (unpaired) electrons. The topological polar surface area (TPSA) is 81.9 Å². The lowest BCUT2D eigenvalue weighted by Gasteiger charge is -2.37. The predicted molar refractivity (Wildman–Crippen MR) is 89.8 cm³/mol. The minimum absolute atomic E-state index is 0. The van der Waals surface area contributed by atoms with Crippen molar-refractivity contribution in [2.45, 2.75) is 30.7 Å². The molecule has 2 N–H and O–H groups in total. The average molecular weight is 363 g/mol. The molecule has 2 aliphatic rings. The van der Waals surface area contributed by atoms with Crippen LogP contribution in [0.25, 0.3) is 0 Å². The molecule has 0 aromatic heterocycles. The monoisotopic (exact) mass is 362 g/mol. The smallest absolute Gasteiger partial charge is 0.243 e. The Balaban J connectivity index is 0.00000192. The van der Waals surface area contributed by atoms with Crippen LogP contribution in [-0.2, 0) is 10.0 Å². The largest absolute Gasteiger partial charge is 0.486 e. The number of ether oxygens (including phenoxy) is 2. The molecule has 8 heteroatoms. The molecule has 1 fully saturated rings. The number of hydrogen-bond acceptors (Lipinski definition) is 5. The van der Waals surface area contributed by atoms with Crippen LogP contribution in [0, 0.1) is 5.92 Å². The highest BCUT2D eigenvalue weighted by molar-refractivity contribution is 7.89. The third-order valence-electron chi connectivity index (χ3n) is 4.32. The molecule has 2 aliphatic heterocycles. The summed E-state index contributed by atoms with van der Waals surface area (Å²) in [6.45, 7) is 3.91. The van der Waals surface area contributed by atoms with Gasteiger partial charge in [0.25, 0.3) is 0 Å². The Morgan fingerprint density at radius 1 is 1.26 bits per heavy atom. The highest BCUT2D eigenvalue weighted by Gasteiger charge is 2.35. The van der Waals surface area contributed by atoms with E-state index in [1.165, 1.54) is 0 Å². The van der Waals surface area contributed by atoms with E-state index >= 15 is 0 Å². The van der Waals surface area contributed by atoms with Crippen molar-refractivity contribution in [2.24, 2.45) is 11.7 Å². The Labute approximate surface area is 143 Å². The average Bonchev–Trinajstić information content (AvgIpc) is 2.54. The van der Waals surface area contributed by atoms with Gasteiger partial charge in [-0.2, -0.15) is 4.31 Å². The van der Waals surface area contributed by atoms with E-state index in [0.29, 0.717) is 43.7 Å². The van der Waals surface area contributed by atoms with Gasteiger partial charge >= 0.3 is 0 Å². The highest BCUT2D eigenvalue weighted by Crippen LogP contribution is 2.35. The number of fused-ring (bicyclic) bond motifs is 1. The van der Waals surface area contributed by atoms with Gasteiger partial charge in [-0.05, 0) is 30.9 Å². The first-order valence-electron chi connectivity index (χ1n) is 7.64. The first-order valence-corrected chi connectivity index (χ1v) is 9.08. The number of sulfonamides is 1. The van der Waals surface area contributed by atoms with Gasteiger partial charge in [0.15, 0.2) is 11.5 Å². The Kier molecular flexibility index (Phi) is 5.78. The van der Waals surface area contributed by atoms with Crippen molar-refractivity contribution in [3.63, 3.8) is 0 Å². The molecular formula is C15H23ClN2O4S. The van der Waals surface area contributed by atoms with E-state index in [1.807, 2.05) is 0 Å². The maximum absolute atomic E-state index is 12.9. The van der Waals surface area contributed by atoms with Crippen molar-refractivity contribution in [3.05, 3.63) is 18.2 Å². The van der Waals surface area contributed by atoms with Gasteiger partial charge in [0.05, 0.1) is 4.90 Å². The molecule has 0 spiro atoms. The van der Waals surface area contributed by atoms with E-state index in [0.717, 1.165) is 12.8 Å². The lowest BCUT2D eigenvalue weighted by molar-refractivity contribution is 0.171. The quantitative estimate of drug-likeness (QED) is 0.883. The van der Waals surface area contributed by atoms with Crippen LogP contribution in [0.5, 0.6) is 11.5 Å². The Morgan fingerprint density at radius 3 is 2.65 bits per heavy atom. The zero-order chi connectivity index (χ0) is 15.7. The lowest BCUT2D eigenvalue weighted by Crippen LogP contribution is -2.49. The second-order valence-electron chi connectivity index (χ2n) is 5.94. The van der Waals surface area contributed by atoms with Crippen LogP contribution in [0.4, 0.5) is 0 Å². The molecule has 6 nitrogen and oxygen atoms in total. The van der Waals surface area contributed by atoms with Crippen LogP contribution in [0.15, 0.2) is 23.1 Å². The maximum Gasteiger partial charge on any atom is 0.243 e. The summed E-state index contributed by atoms with van der Waals surface area (Å²) < 4.78 is 38.3. The van der Waals surface area contributed by atoms with Crippen LogP contribution < -0.4 is 15.2 Å². The van der Waals surface area contributed by atoms with E-state index in [-0.39, 0.29) is 23.3 Å². The number of benzene rings is 1. The molecule has 0 saturated carbocycles. The third kappa shape index (κ3) is 3.57. The molecule has 1 aromatic carbocycles. The van der Waals surface area contributed by atoms with Gasteiger partial charge in [0.1, 0.15) is 13.2 Å². The standard InChI is InChI=1S/C15H22N2O4S.ClH/c1-11-4-5-17(12(8-11)10-16)22(18,19)13-2-3-14-15(9-13)21-7-6-20-14;/h2-3,9,11-12H,4-8,10,16H2,1H3;1H. The molecule has 1 saturated heterocycles. The fraction of sp³-hybridized carbons (Fsp3) is 0.600. The fourth-order valence-electron chi connectivity index (χ4n) is 3.08. The van der Waals surface area contributed by atoms with Crippen LogP contribution in [0.3, 0.4) is 0 Å². The molecule has 2 heterocycles. The van der Waals surface area contributed by atoms with E-state index in [4.69, 9.17) is 15.2 Å². The Morgan fingerprint density at radius 2 is 1.96 bits per heavy atom. The summed E-state index contributed by atoms with van der Waals surface area (Å²) in [5.74, 6) is 1.58. The maximum atomic E-state index is 12.9. The molecule has 2 atom stereocenters. The second-order valence-corrected chi connectivity index (χ2v) is 7.83. The van der Waals surface area contributed by atoms with Crippen molar-refractivity contribution in [1.82, 2.24) is 4.31 Å². The van der Waals surface area contributed by atoms with E-state index in [9.17, 15) is 8.42 Å². The third-order valence-corrected chi connectivity index (χ3v) is 6.26. The minimum Gasteiger partial charge on any atom is -0.486 e. The number of hydrogen-bond donors (Lipinski definition) is 1. The number of rotatable bonds is 3. The Hall–Kier alpha value is -1.02. The van der Waals surface area contributed by atoms with Crippen LogP contribution in [0.2, 0.25) is 0 Å². The molecule has 23 heavy (non-hydrogen) atoms. The fourth-order valence-corrected chi connectivity index (χ4v) is 4.76. The van der Waals surface area contributed by atoms with E-state index in [2.05, 4.69) is 6.92 Å². The summed E-state index contributed by atoms with van der Waals surface area (Å²) in [4.78, 5) is 0.241. The van der Waals surface area contributed by atoms with Crippen LogP contribution in [0.1, 0.15) is 19.8 Å². The van der Waals surface area contributed by atoms with Crippen molar-refractivity contribution in [2.75, 3.05) is 26.3 Å². The van der Waals surface area contributed by atoms with Gasteiger partial charge in [-0.15, -0.1) is 12.4 Å². The summed E-state index contributed by atoms with van der Waals surface area (Å²) in [5.41, 5.74) is 5.79. The lowest BCUT2D eigenvalue weighted by atomic mass is 9.94. The van der Waals surface area contributed by atoms with Gasteiger partial charge in [0, 0.05) is 25.2 Å². The van der Waals surface area contributed by atoms with Crippen molar-refractivity contribution in [1.29, 1.82) is 0 Å². The van der Waals surface area contributed by atoms with Gasteiger partial charge in [-0.25, -0.2) is 8.42 Å². The first kappa shape index (κ1) is 18.3. The molecule has 0 bridgehead atoms. The number of piperidine rings is 1. The van der Waals surface area contributed by atoms with E-state index < -0.39 is 10.0 Å². The summed E-state index contributed by atoms with van der Waals surface area (Å²) in [6, 6.07) is 4.65. The molecule has 1 aromatic rings. The minimum atomic E-state index is -3.56. The predicted octanol–water partition coefficient (Wildman–Crippen LogP) is 1.63. The molecule has 3 rings (SSSR count). The van der Waals surface area contributed by atoms with Crippen molar-refractivity contribution in [3.8, 4) is 11.5 Å². The van der Waals surface area contributed by atoms with Gasteiger partial charge in [0.2, 0.25) is 10.0 Å². The number of halogens is 1. The Bertz CT molecular complexity index is 653. The summed E-state index contributed by atoms with van der Waals surface area (Å²) in [7, 11) is -3.56. The molecule has 0 aliphatic carbocycles. The zero-order valence-corrected chi connectivity index (χ0v) is 14.7. The normalized spacial score (nSPS) is 24.8. The number of nitrogens with zero attached hydrogens (tertiary/aromatic N) is 1. The van der Waals surface area contributed by atoms with E-state index in [1.54, 1.807) is 22.5 Å². The molecule has 2 unspecified atom stereocenters. The first-order chi connectivity index (χ1) is 10.5. The number of nitrogens with two attached hydrogens (primary N) is 1.